The predicted octanol–water partition coefficient (Wildman–Crippen LogP) is 4.75. The van der Waals surface area contributed by atoms with Crippen LogP contribution < -0.4 is 24.3 Å². The van der Waals surface area contributed by atoms with Crippen molar-refractivity contribution in [2.45, 2.75) is 0 Å². The molecule has 0 spiro atoms. The third kappa shape index (κ3) is 4.22. The second-order valence-electron chi connectivity index (χ2n) is 6.58. The van der Waals surface area contributed by atoms with E-state index in [2.05, 4.69) is 5.32 Å². The molecule has 6 nitrogen and oxygen atoms in total. The zero-order valence-corrected chi connectivity index (χ0v) is 16.7. The quantitative estimate of drug-likeness (QED) is 0.602. The van der Waals surface area contributed by atoms with E-state index in [0.717, 1.165) is 22.4 Å². The molecule has 0 radical (unpaired) electrons. The van der Waals surface area contributed by atoms with Gasteiger partial charge in [0, 0.05) is 17.3 Å². The first-order valence-corrected chi connectivity index (χ1v) is 9.37. The molecule has 0 saturated heterocycles. The summed E-state index contributed by atoms with van der Waals surface area (Å²) in [5.74, 6) is 2.64. The summed E-state index contributed by atoms with van der Waals surface area (Å²) >= 11 is 0. The van der Waals surface area contributed by atoms with Crippen LogP contribution in [0.4, 0.5) is 5.69 Å². The van der Waals surface area contributed by atoms with Gasteiger partial charge in [0.25, 0.3) is 0 Å². The van der Waals surface area contributed by atoms with E-state index in [4.69, 9.17) is 18.9 Å². The first-order chi connectivity index (χ1) is 14.7. The van der Waals surface area contributed by atoms with Crippen LogP contribution in [0.25, 0.3) is 17.2 Å². The lowest BCUT2D eigenvalue weighted by Crippen LogP contribution is -2.07. The molecule has 1 aliphatic heterocycles. The maximum Gasteiger partial charge on any atom is 0.248 e. The number of benzene rings is 3. The van der Waals surface area contributed by atoms with Crippen LogP contribution in [-0.4, -0.2) is 26.9 Å². The molecule has 0 fully saturated rings. The van der Waals surface area contributed by atoms with Crippen LogP contribution in [0.3, 0.4) is 0 Å². The Morgan fingerprint density at radius 3 is 2.50 bits per heavy atom. The second kappa shape index (κ2) is 8.61. The Hall–Kier alpha value is -3.93. The molecule has 6 heteroatoms. The van der Waals surface area contributed by atoms with Gasteiger partial charge in [-0.15, -0.1) is 0 Å². The molecule has 3 aromatic carbocycles. The highest BCUT2D eigenvalue weighted by molar-refractivity contribution is 6.02. The van der Waals surface area contributed by atoms with Gasteiger partial charge in [0.2, 0.25) is 12.7 Å². The molecule has 1 aliphatic rings. The van der Waals surface area contributed by atoms with Crippen molar-refractivity contribution in [2.24, 2.45) is 0 Å². The van der Waals surface area contributed by atoms with Crippen molar-refractivity contribution in [3.05, 3.63) is 72.3 Å². The fourth-order valence-corrected chi connectivity index (χ4v) is 3.15. The average molecular weight is 403 g/mol. The number of amides is 1. The maximum absolute atomic E-state index is 12.4. The monoisotopic (exact) mass is 403 g/mol. The Bertz CT molecular complexity index is 1090. The van der Waals surface area contributed by atoms with Gasteiger partial charge in [0.15, 0.2) is 11.5 Å². The molecule has 1 amide bonds. The molecule has 1 N–H and O–H groups in total. The standard InChI is InChI=1S/C24H21NO5/c1-27-19-8-5-17(6-9-19)20-14-18(7-11-21(20)28-2)25-24(26)12-4-16-3-10-22-23(13-16)30-15-29-22/h3-14H,15H2,1-2H3,(H,25,26)/b12-4+. The van der Waals surface area contributed by atoms with Gasteiger partial charge in [-0.3, -0.25) is 4.79 Å². The summed E-state index contributed by atoms with van der Waals surface area (Å²) in [6.45, 7) is 0.219. The van der Waals surface area contributed by atoms with Crippen LogP contribution in [0.5, 0.6) is 23.0 Å². The van der Waals surface area contributed by atoms with E-state index in [0.29, 0.717) is 22.9 Å². The van der Waals surface area contributed by atoms with E-state index in [-0.39, 0.29) is 12.7 Å². The number of fused-ring (bicyclic) bond motifs is 1. The van der Waals surface area contributed by atoms with E-state index in [1.54, 1.807) is 26.4 Å². The molecule has 3 aromatic rings. The minimum absolute atomic E-state index is 0.219. The summed E-state index contributed by atoms with van der Waals surface area (Å²) < 4.78 is 21.3. The van der Waals surface area contributed by atoms with E-state index in [1.807, 2.05) is 54.6 Å². The lowest BCUT2D eigenvalue weighted by atomic mass is 10.0. The average Bonchev–Trinajstić information content (AvgIpc) is 3.25. The molecule has 0 saturated carbocycles. The third-order valence-electron chi connectivity index (χ3n) is 4.69. The Morgan fingerprint density at radius 1 is 0.933 bits per heavy atom. The van der Waals surface area contributed by atoms with Crippen molar-refractivity contribution >= 4 is 17.7 Å². The molecule has 0 atom stereocenters. The van der Waals surface area contributed by atoms with Crippen LogP contribution in [-0.2, 0) is 4.79 Å². The van der Waals surface area contributed by atoms with Gasteiger partial charge in [0.05, 0.1) is 14.2 Å². The van der Waals surface area contributed by atoms with Crippen LogP contribution in [0.1, 0.15) is 5.56 Å². The molecule has 4 rings (SSSR count). The lowest BCUT2D eigenvalue weighted by Gasteiger charge is -2.12. The highest BCUT2D eigenvalue weighted by Crippen LogP contribution is 2.34. The van der Waals surface area contributed by atoms with Crippen molar-refractivity contribution in [2.75, 3.05) is 26.3 Å². The fraction of sp³-hybridized carbons (Fsp3) is 0.125. The van der Waals surface area contributed by atoms with Crippen LogP contribution in [0.15, 0.2) is 66.7 Å². The van der Waals surface area contributed by atoms with Crippen LogP contribution >= 0.6 is 0 Å². The molecular weight excluding hydrogens is 382 g/mol. The largest absolute Gasteiger partial charge is 0.497 e. The van der Waals surface area contributed by atoms with Gasteiger partial charge in [-0.1, -0.05) is 18.2 Å². The Morgan fingerprint density at radius 2 is 1.73 bits per heavy atom. The number of hydrogen-bond donors (Lipinski definition) is 1. The highest BCUT2D eigenvalue weighted by Gasteiger charge is 2.12. The van der Waals surface area contributed by atoms with Crippen LogP contribution in [0, 0.1) is 0 Å². The number of rotatable bonds is 6. The summed E-state index contributed by atoms with van der Waals surface area (Å²) in [4.78, 5) is 12.4. The summed E-state index contributed by atoms with van der Waals surface area (Å²) in [5, 5.41) is 2.89. The number of carbonyl (C=O) groups excluding carboxylic acids is 1. The number of carbonyl (C=O) groups is 1. The van der Waals surface area contributed by atoms with Crippen molar-refractivity contribution in [1.29, 1.82) is 0 Å². The smallest absolute Gasteiger partial charge is 0.248 e. The summed E-state index contributed by atoms with van der Waals surface area (Å²) in [6.07, 6.45) is 3.21. The number of anilines is 1. The molecule has 30 heavy (non-hydrogen) atoms. The Kier molecular flexibility index (Phi) is 5.57. The minimum atomic E-state index is -0.237. The zero-order valence-electron chi connectivity index (χ0n) is 16.7. The van der Waals surface area contributed by atoms with Crippen molar-refractivity contribution in [1.82, 2.24) is 0 Å². The van der Waals surface area contributed by atoms with E-state index >= 15 is 0 Å². The molecule has 0 aromatic heterocycles. The van der Waals surface area contributed by atoms with E-state index < -0.39 is 0 Å². The molecular formula is C24H21NO5. The van der Waals surface area contributed by atoms with Gasteiger partial charge < -0.3 is 24.3 Å². The number of ether oxygens (including phenoxy) is 4. The van der Waals surface area contributed by atoms with Gasteiger partial charge in [-0.25, -0.2) is 0 Å². The van der Waals surface area contributed by atoms with Gasteiger partial charge in [-0.2, -0.15) is 0 Å². The number of nitrogens with one attached hydrogen (secondary N) is 1. The third-order valence-corrected chi connectivity index (χ3v) is 4.69. The predicted molar refractivity (Wildman–Crippen MR) is 115 cm³/mol. The molecule has 0 aliphatic carbocycles. The summed E-state index contributed by atoms with van der Waals surface area (Å²) in [6, 6.07) is 18.7. The van der Waals surface area contributed by atoms with Crippen molar-refractivity contribution < 1.29 is 23.7 Å². The SMILES string of the molecule is COc1ccc(-c2cc(NC(=O)/C=C/c3ccc4c(c3)OCO4)ccc2OC)cc1. The van der Waals surface area contributed by atoms with Crippen molar-refractivity contribution in [3.63, 3.8) is 0 Å². The van der Waals surface area contributed by atoms with Crippen molar-refractivity contribution in [3.8, 4) is 34.1 Å². The minimum Gasteiger partial charge on any atom is -0.497 e. The highest BCUT2D eigenvalue weighted by atomic mass is 16.7. The lowest BCUT2D eigenvalue weighted by molar-refractivity contribution is -0.111. The second-order valence-corrected chi connectivity index (χ2v) is 6.58. The topological polar surface area (TPSA) is 66.0 Å². The fourth-order valence-electron chi connectivity index (χ4n) is 3.15. The number of hydrogen-bond acceptors (Lipinski definition) is 5. The molecule has 152 valence electrons. The molecule has 1 heterocycles. The van der Waals surface area contributed by atoms with Gasteiger partial charge >= 0.3 is 0 Å². The molecule has 0 unspecified atom stereocenters. The van der Waals surface area contributed by atoms with E-state index in [9.17, 15) is 4.79 Å². The zero-order chi connectivity index (χ0) is 20.9. The first kappa shape index (κ1) is 19.4. The Labute approximate surface area is 174 Å². The Balaban J connectivity index is 1.50. The summed E-state index contributed by atoms with van der Waals surface area (Å²) in [5.41, 5.74) is 3.35. The normalized spacial score (nSPS) is 12.1. The molecule has 0 bridgehead atoms. The van der Waals surface area contributed by atoms with Crippen LogP contribution in [0.2, 0.25) is 0 Å². The van der Waals surface area contributed by atoms with E-state index in [1.165, 1.54) is 6.08 Å². The van der Waals surface area contributed by atoms with Gasteiger partial charge in [-0.05, 0) is 59.7 Å². The van der Waals surface area contributed by atoms with Gasteiger partial charge in [0.1, 0.15) is 11.5 Å². The first-order valence-electron chi connectivity index (χ1n) is 9.37. The number of methoxy groups -OCH3 is 2. The maximum atomic E-state index is 12.4. The summed E-state index contributed by atoms with van der Waals surface area (Å²) in [7, 11) is 3.25.